The van der Waals surface area contributed by atoms with Crippen molar-refractivity contribution in [2.45, 2.75) is 0 Å². The van der Waals surface area contributed by atoms with Gasteiger partial charge >= 0.3 is 11.7 Å². The van der Waals surface area contributed by atoms with Gasteiger partial charge in [0.1, 0.15) is 6.61 Å². The number of nitro benzene ring substituents is 1. The van der Waals surface area contributed by atoms with Crippen LogP contribution in [-0.2, 0) is 4.74 Å². The second kappa shape index (κ2) is 5.51. The normalized spacial score (nSPS) is 9.18. The number of methoxy groups -OCH3 is 1. The van der Waals surface area contributed by atoms with Gasteiger partial charge in [-0.15, -0.1) is 6.42 Å². The number of nitro groups is 1. The van der Waals surface area contributed by atoms with Gasteiger partial charge in [-0.2, -0.15) is 0 Å². The van der Waals surface area contributed by atoms with Gasteiger partial charge in [0, 0.05) is 6.07 Å². The highest BCUT2D eigenvalue weighted by Gasteiger charge is 2.18. The van der Waals surface area contributed by atoms with Crippen LogP contribution in [-0.4, -0.2) is 24.6 Å². The molecule has 0 amide bonds. The number of nitrogens with zero attached hydrogens (tertiary/aromatic N) is 1. The summed E-state index contributed by atoms with van der Waals surface area (Å²) in [7, 11) is 1.19. The summed E-state index contributed by atoms with van der Waals surface area (Å²) in [5.41, 5.74) is -0.254. The molecule has 0 heterocycles. The van der Waals surface area contributed by atoms with E-state index in [-0.39, 0.29) is 23.6 Å². The van der Waals surface area contributed by atoms with Gasteiger partial charge in [-0.3, -0.25) is 10.1 Å². The van der Waals surface area contributed by atoms with Crippen molar-refractivity contribution in [3.63, 3.8) is 0 Å². The van der Waals surface area contributed by atoms with Crippen LogP contribution in [0.1, 0.15) is 10.4 Å². The van der Waals surface area contributed by atoms with Crippen LogP contribution in [0.3, 0.4) is 0 Å². The fourth-order valence-electron chi connectivity index (χ4n) is 1.15. The van der Waals surface area contributed by atoms with Gasteiger partial charge in [0.05, 0.1) is 17.6 Å². The largest absolute Gasteiger partial charge is 0.474 e. The van der Waals surface area contributed by atoms with Crippen LogP contribution in [0.15, 0.2) is 18.2 Å². The first-order chi connectivity index (χ1) is 8.10. The van der Waals surface area contributed by atoms with Crippen molar-refractivity contribution in [1.82, 2.24) is 0 Å². The molecular weight excluding hydrogens is 226 g/mol. The molecular formula is C11H9NO5. The van der Waals surface area contributed by atoms with E-state index < -0.39 is 10.9 Å². The summed E-state index contributed by atoms with van der Waals surface area (Å²) in [5.74, 6) is 1.55. The lowest BCUT2D eigenvalue weighted by Crippen LogP contribution is -2.04. The Labute approximate surface area is 97.3 Å². The van der Waals surface area contributed by atoms with Crippen LogP contribution in [0, 0.1) is 22.5 Å². The number of rotatable bonds is 4. The Hall–Kier alpha value is -2.55. The predicted octanol–water partition coefficient (Wildman–Crippen LogP) is 1.39. The van der Waals surface area contributed by atoms with Crippen LogP contribution in [0.5, 0.6) is 5.75 Å². The molecule has 0 aliphatic heterocycles. The van der Waals surface area contributed by atoms with E-state index >= 15 is 0 Å². The highest BCUT2D eigenvalue weighted by Crippen LogP contribution is 2.28. The lowest BCUT2D eigenvalue weighted by Gasteiger charge is -2.04. The van der Waals surface area contributed by atoms with E-state index in [1.165, 1.54) is 19.2 Å². The van der Waals surface area contributed by atoms with Gasteiger partial charge in [-0.25, -0.2) is 4.79 Å². The molecule has 17 heavy (non-hydrogen) atoms. The number of benzene rings is 1. The Morgan fingerprint density at radius 1 is 1.59 bits per heavy atom. The van der Waals surface area contributed by atoms with Gasteiger partial charge in [-0.05, 0) is 12.1 Å². The minimum atomic E-state index is -0.656. The summed E-state index contributed by atoms with van der Waals surface area (Å²) in [6.45, 7) is -0.0849. The first kappa shape index (κ1) is 12.5. The molecule has 0 radical (unpaired) electrons. The molecule has 0 aromatic heterocycles. The number of terminal acetylenes is 1. The maximum atomic E-state index is 11.2. The molecule has 0 aliphatic carbocycles. The van der Waals surface area contributed by atoms with Crippen molar-refractivity contribution in [3.8, 4) is 18.1 Å². The average Bonchev–Trinajstić information content (AvgIpc) is 2.35. The topological polar surface area (TPSA) is 78.7 Å². The van der Waals surface area contributed by atoms with Crippen molar-refractivity contribution in [2.24, 2.45) is 0 Å². The molecule has 88 valence electrons. The minimum absolute atomic E-state index is 0.0144. The third kappa shape index (κ3) is 2.95. The second-order valence-corrected chi connectivity index (χ2v) is 2.92. The Morgan fingerprint density at radius 2 is 2.29 bits per heavy atom. The molecule has 0 fully saturated rings. The fourth-order valence-corrected chi connectivity index (χ4v) is 1.15. The monoisotopic (exact) mass is 235 g/mol. The van der Waals surface area contributed by atoms with E-state index in [4.69, 9.17) is 11.2 Å². The third-order valence-electron chi connectivity index (χ3n) is 1.89. The summed E-state index contributed by atoms with van der Waals surface area (Å²) in [6, 6.07) is 3.75. The van der Waals surface area contributed by atoms with Gasteiger partial charge in [0.25, 0.3) is 0 Å². The Morgan fingerprint density at radius 3 is 2.82 bits per heavy atom. The molecule has 0 aliphatic rings. The number of esters is 1. The molecule has 0 saturated heterocycles. The molecule has 6 heteroatoms. The average molecular weight is 235 g/mol. The summed E-state index contributed by atoms with van der Waals surface area (Å²) in [6.07, 6.45) is 4.98. The number of hydrogen-bond acceptors (Lipinski definition) is 5. The van der Waals surface area contributed by atoms with E-state index in [1.807, 2.05) is 0 Å². The molecule has 1 rings (SSSR count). The maximum Gasteiger partial charge on any atom is 0.338 e. The van der Waals surface area contributed by atoms with E-state index in [9.17, 15) is 14.9 Å². The van der Waals surface area contributed by atoms with Crippen molar-refractivity contribution in [3.05, 3.63) is 33.9 Å². The minimum Gasteiger partial charge on any atom is -0.474 e. The quantitative estimate of drug-likeness (QED) is 0.341. The van der Waals surface area contributed by atoms with Crippen LogP contribution in [0.2, 0.25) is 0 Å². The SMILES string of the molecule is C#CCOc1ccc(C(=O)OC)cc1[N+](=O)[O-]. The van der Waals surface area contributed by atoms with Crippen molar-refractivity contribution in [2.75, 3.05) is 13.7 Å². The fraction of sp³-hybridized carbons (Fsp3) is 0.182. The zero-order valence-corrected chi connectivity index (χ0v) is 9.00. The Kier molecular flexibility index (Phi) is 4.06. The number of carbonyl (C=O) groups excluding carboxylic acids is 1. The first-order valence-corrected chi connectivity index (χ1v) is 4.53. The zero-order valence-electron chi connectivity index (χ0n) is 9.00. The maximum absolute atomic E-state index is 11.2. The van der Waals surface area contributed by atoms with Crippen molar-refractivity contribution >= 4 is 11.7 Å². The van der Waals surface area contributed by atoms with Crippen LogP contribution in [0.25, 0.3) is 0 Å². The van der Waals surface area contributed by atoms with Crippen molar-refractivity contribution in [1.29, 1.82) is 0 Å². The van der Waals surface area contributed by atoms with Crippen LogP contribution < -0.4 is 4.74 Å². The molecule has 0 atom stereocenters. The molecule has 0 saturated carbocycles. The summed E-state index contributed by atoms with van der Waals surface area (Å²) in [5, 5.41) is 10.8. The molecule has 0 N–H and O–H groups in total. The predicted molar refractivity (Wildman–Crippen MR) is 58.8 cm³/mol. The van der Waals surface area contributed by atoms with Gasteiger partial charge in [-0.1, -0.05) is 5.92 Å². The number of ether oxygens (including phenoxy) is 2. The molecule has 1 aromatic carbocycles. The van der Waals surface area contributed by atoms with E-state index in [1.54, 1.807) is 0 Å². The molecule has 6 nitrogen and oxygen atoms in total. The van der Waals surface area contributed by atoms with Gasteiger partial charge < -0.3 is 9.47 Å². The smallest absolute Gasteiger partial charge is 0.338 e. The molecule has 0 unspecified atom stereocenters. The Balaban J connectivity index is 3.13. The van der Waals surface area contributed by atoms with E-state index in [0.717, 1.165) is 6.07 Å². The number of hydrogen-bond donors (Lipinski definition) is 0. The van der Waals surface area contributed by atoms with Crippen LogP contribution >= 0.6 is 0 Å². The van der Waals surface area contributed by atoms with Crippen molar-refractivity contribution < 1.29 is 19.2 Å². The van der Waals surface area contributed by atoms with Gasteiger partial charge in [0.15, 0.2) is 5.75 Å². The van der Waals surface area contributed by atoms with Gasteiger partial charge in [0.2, 0.25) is 0 Å². The number of carbonyl (C=O) groups is 1. The highest BCUT2D eigenvalue weighted by atomic mass is 16.6. The molecule has 0 bridgehead atoms. The van der Waals surface area contributed by atoms with E-state index in [2.05, 4.69) is 10.7 Å². The Bertz CT molecular complexity index is 489. The van der Waals surface area contributed by atoms with E-state index in [0.29, 0.717) is 0 Å². The highest BCUT2D eigenvalue weighted by molar-refractivity contribution is 5.90. The summed E-state index contributed by atoms with van der Waals surface area (Å²) < 4.78 is 9.44. The standard InChI is InChI=1S/C11H9NO5/c1-3-6-17-10-5-4-8(11(13)16-2)7-9(10)12(14)15/h1,4-5,7H,6H2,2H3. The molecule has 1 aromatic rings. The second-order valence-electron chi connectivity index (χ2n) is 2.92. The summed E-state index contributed by atoms with van der Waals surface area (Å²) in [4.78, 5) is 21.3. The summed E-state index contributed by atoms with van der Waals surface area (Å²) >= 11 is 0. The first-order valence-electron chi connectivity index (χ1n) is 4.53. The lowest BCUT2D eigenvalue weighted by atomic mass is 10.2. The zero-order chi connectivity index (χ0) is 12.8. The molecule has 0 spiro atoms. The lowest BCUT2D eigenvalue weighted by molar-refractivity contribution is -0.385. The van der Waals surface area contributed by atoms with Crippen LogP contribution in [0.4, 0.5) is 5.69 Å². The third-order valence-corrected chi connectivity index (χ3v) is 1.89.